The molecule has 0 aliphatic carbocycles. The Morgan fingerprint density at radius 2 is 1.68 bits per heavy atom. The molecule has 0 heterocycles. The fourth-order valence-corrected chi connectivity index (χ4v) is 2.88. The summed E-state index contributed by atoms with van der Waals surface area (Å²) in [7, 11) is 0. The van der Waals surface area contributed by atoms with E-state index in [1.54, 1.807) is 36.4 Å². The van der Waals surface area contributed by atoms with Gasteiger partial charge in [-0.2, -0.15) is 0 Å². The van der Waals surface area contributed by atoms with Gasteiger partial charge in [0.25, 0.3) is 11.8 Å². The number of aryl methyl sites for hydroxylation is 1. The van der Waals surface area contributed by atoms with Gasteiger partial charge in [-0.15, -0.1) is 0 Å². The number of quaternary nitrogens is 1. The monoisotopic (exact) mass is 402 g/mol. The largest absolute Gasteiger partial charge is 0.321 e. The smallest absolute Gasteiger partial charge is 0.279 e. The highest BCUT2D eigenvalue weighted by molar-refractivity contribution is 6.31. The van der Waals surface area contributed by atoms with Crippen LogP contribution in [0.2, 0.25) is 5.02 Å². The van der Waals surface area contributed by atoms with Crippen molar-refractivity contribution in [1.82, 2.24) is 0 Å². The van der Waals surface area contributed by atoms with Crippen molar-refractivity contribution in [3.05, 3.63) is 58.6 Å². The van der Waals surface area contributed by atoms with Gasteiger partial charge in [-0.3, -0.25) is 14.4 Å². The van der Waals surface area contributed by atoms with Gasteiger partial charge in [0.05, 0.1) is 6.54 Å². The van der Waals surface area contributed by atoms with Crippen molar-refractivity contribution < 1.29 is 19.3 Å². The molecule has 0 spiro atoms. The molecule has 0 saturated heterocycles. The number of amides is 2. The maximum absolute atomic E-state index is 12.4. The second-order valence-corrected chi connectivity index (χ2v) is 7.09. The molecule has 2 rings (SSSR count). The summed E-state index contributed by atoms with van der Waals surface area (Å²) in [6.45, 7) is 6.19. The van der Waals surface area contributed by atoms with Crippen LogP contribution in [0.25, 0.3) is 0 Å². The van der Waals surface area contributed by atoms with Crippen LogP contribution < -0.4 is 15.5 Å². The molecule has 0 radical (unpaired) electrons. The summed E-state index contributed by atoms with van der Waals surface area (Å²) in [6.07, 6.45) is 0. The number of rotatable bonds is 8. The van der Waals surface area contributed by atoms with Gasteiger partial charge < -0.3 is 15.5 Å². The summed E-state index contributed by atoms with van der Waals surface area (Å²) in [5, 5.41) is 6.17. The molecule has 0 aliphatic rings. The third kappa shape index (κ3) is 6.48. The number of anilines is 2. The summed E-state index contributed by atoms with van der Waals surface area (Å²) in [6, 6.07) is 12.1. The summed E-state index contributed by atoms with van der Waals surface area (Å²) in [5.74, 6) is -0.470. The first kappa shape index (κ1) is 21.6. The van der Waals surface area contributed by atoms with Crippen LogP contribution >= 0.6 is 11.6 Å². The van der Waals surface area contributed by atoms with Crippen molar-refractivity contribution >= 4 is 40.6 Å². The zero-order valence-corrected chi connectivity index (χ0v) is 17.0. The van der Waals surface area contributed by atoms with Gasteiger partial charge in [-0.1, -0.05) is 29.8 Å². The summed E-state index contributed by atoms with van der Waals surface area (Å²) >= 11 is 5.98. The van der Waals surface area contributed by atoms with E-state index in [1.807, 2.05) is 19.9 Å². The molecule has 0 fully saturated rings. The van der Waals surface area contributed by atoms with Gasteiger partial charge in [0.2, 0.25) is 0 Å². The molecule has 28 heavy (non-hydrogen) atoms. The zero-order valence-electron chi connectivity index (χ0n) is 16.3. The fourth-order valence-electron chi connectivity index (χ4n) is 2.71. The highest BCUT2D eigenvalue weighted by atomic mass is 35.5. The lowest BCUT2D eigenvalue weighted by atomic mass is 10.1. The molecule has 7 heteroatoms. The number of likely N-dealkylation sites (N-methyl/N-ethyl adjacent to an activating group) is 1. The predicted octanol–water partition coefficient (Wildman–Crippen LogP) is 2.33. The van der Waals surface area contributed by atoms with Crippen LogP contribution in [-0.4, -0.2) is 37.2 Å². The lowest BCUT2D eigenvalue weighted by molar-refractivity contribution is -0.881. The molecule has 0 bridgehead atoms. The molecule has 2 aromatic rings. The Kier molecular flexibility index (Phi) is 7.72. The number of Topliss-reactive ketones (excluding diaryl/α,β-unsaturated/α-hetero) is 1. The van der Waals surface area contributed by atoms with Crippen molar-refractivity contribution in [2.45, 2.75) is 20.8 Å². The first-order chi connectivity index (χ1) is 13.3. The molecular weight excluding hydrogens is 378 g/mol. The van der Waals surface area contributed by atoms with E-state index in [0.717, 1.165) is 10.5 Å². The van der Waals surface area contributed by atoms with Crippen molar-refractivity contribution in [2.75, 3.05) is 30.3 Å². The number of carbonyl (C=O) groups is 3. The standard InChI is InChI=1S/C21H24ClN3O3/c1-4-25(13-21(28)24-19-11-17(22)9-8-14(19)2)12-20(27)23-18-7-5-6-16(10-18)15(3)26/h5-11H,4,12-13H2,1-3H3,(H,23,27)(H,24,28)/p+1. The molecule has 2 aromatic carbocycles. The maximum atomic E-state index is 12.4. The fraction of sp³-hybridized carbons (Fsp3) is 0.286. The Morgan fingerprint density at radius 3 is 2.32 bits per heavy atom. The molecular formula is C21H25ClN3O3+. The van der Waals surface area contributed by atoms with Gasteiger partial charge in [-0.05, 0) is 50.6 Å². The van der Waals surface area contributed by atoms with Crippen molar-refractivity contribution in [1.29, 1.82) is 0 Å². The molecule has 0 saturated carbocycles. The van der Waals surface area contributed by atoms with Crippen LogP contribution in [0.5, 0.6) is 0 Å². The summed E-state index contributed by atoms with van der Waals surface area (Å²) in [5.41, 5.74) is 2.68. The Hall–Kier alpha value is -2.70. The number of benzene rings is 2. The van der Waals surface area contributed by atoms with Crippen LogP contribution in [0.1, 0.15) is 29.8 Å². The second-order valence-electron chi connectivity index (χ2n) is 6.65. The minimum absolute atomic E-state index is 0.0649. The number of hydrogen-bond donors (Lipinski definition) is 3. The predicted molar refractivity (Wildman–Crippen MR) is 111 cm³/mol. The van der Waals surface area contributed by atoms with E-state index in [1.165, 1.54) is 6.92 Å². The molecule has 3 N–H and O–H groups in total. The number of nitrogens with one attached hydrogen (secondary N) is 3. The Bertz CT molecular complexity index is 883. The average molecular weight is 403 g/mol. The van der Waals surface area contributed by atoms with Gasteiger partial charge in [0.1, 0.15) is 0 Å². The van der Waals surface area contributed by atoms with E-state index in [4.69, 9.17) is 11.6 Å². The molecule has 2 amide bonds. The highest BCUT2D eigenvalue weighted by Gasteiger charge is 2.17. The topological polar surface area (TPSA) is 79.7 Å². The maximum Gasteiger partial charge on any atom is 0.279 e. The molecule has 148 valence electrons. The SMILES string of the molecule is CC[NH+](CC(=O)Nc1cccc(C(C)=O)c1)CC(=O)Nc1cc(Cl)ccc1C. The summed E-state index contributed by atoms with van der Waals surface area (Å²) < 4.78 is 0. The van der Waals surface area contributed by atoms with E-state index in [-0.39, 0.29) is 30.7 Å². The first-order valence-electron chi connectivity index (χ1n) is 9.09. The minimum Gasteiger partial charge on any atom is -0.321 e. The van der Waals surface area contributed by atoms with Crippen molar-refractivity contribution in [3.8, 4) is 0 Å². The number of carbonyl (C=O) groups excluding carboxylic acids is 3. The van der Waals surface area contributed by atoms with E-state index in [2.05, 4.69) is 10.6 Å². The highest BCUT2D eigenvalue weighted by Crippen LogP contribution is 2.19. The minimum atomic E-state index is -0.218. The van der Waals surface area contributed by atoms with Gasteiger partial charge >= 0.3 is 0 Å². The molecule has 1 atom stereocenters. The molecule has 0 aliphatic heterocycles. The number of ketones is 1. The van der Waals surface area contributed by atoms with Crippen LogP contribution in [-0.2, 0) is 9.59 Å². The first-order valence-corrected chi connectivity index (χ1v) is 9.46. The lowest BCUT2D eigenvalue weighted by Crippen LogP contribution is -3.13. The van der Waals surface area contributed by atoms with Gasteiger partial charge in [-0.25, -0.2) is 0 Å². The van der Waals surface area contributed by atoms with E-state index < -0.39 is 0 Å². The third-order valence-electron chi connectivity index (χ3n) is 4.35. The van der Waals surface area contributed by atoms with Gasteiger partial charge in [0, 0.05) is 22.0 Å². The number of hydrogen-bond acceptors (Lipinski definition) is 3. The lowest BCUT2D eigenvalue weighted by Gasteiger charge is -2.17. The molecule has 1 unspecified atom stereocenters. The van der Waals surface area contributed by atoms with Crippen molar-refractivity contribution in [2.24, 2.45) is 0 Å². The Labute approximate surface area is 169 Å². The third-order valence-corrected chi connectivity index (χ3v) is 4.58. The van der Waals surface area contributed by atoms with Crippen LogP contribution in [0, 0.1) is 6.92 Å². The quantitative estimate of drug-likeness (QED) is 0.593. The molecule has 0 aromatic heterocycles. The van der Waals surface area contributed by atoms with E-state index in [9.17, 15) is 14.4 Å². The van der Waals surface area contributed by atoms with Crippen LogP contribution in [0.3, 0.4) is 0 Å². The van der Waals surface area contributed by atoms with Crippen LogP contribution in [0.4, 0.5) is 11.4 Å². The van der Waals surface area contributed by atoms with E-state index in [0.29, 0.717) is 28.5 Å². The Balaban J connectivity index is 1.93. The van der Waals surface area contributed by atoms with Crippen molar-refractivity contribution in [3.63, 3.8) is 0 Å². The average Bonchev–Trinajstić information content (AvgIpc) is 2.64. The zero-order chi connectivity index (χ0) is 20.7. The Morgan fingerprint density at radius 1 is 1.00 bits per heavy atom. The normalized spacial score (nSPS) is 11.6. The van der Waals surface area contributed by atoms with Crippen LogP contribution in [0.15, 0.2) is 42.5 Å². The van der Waals surface area contributed by atoms with E-state index >= 15 is 0 Å². The summed E-state index contributed by atoms with van der Waals surface area (Å²) in [4.78, 5) is 37.0. The molecule has 6 nitrogen and oxygen atoms in total. The second kappa shape index (κ2) is 10.0. The number of halogens is 1. The van der Waals surface area contributed by atoms with Gasteiger partial charge in [0.15, 0.2) is 18.9 Å².